The van der Waals surface area contributed by atoms with Gasteiger partial charge in [-0.25, -0.2) is 9.59 Å². The molecule has 0 heterocycles. The molecule has 0 N–H and O–H groups in total. The van der Waals surface area contributed by atoms with Gasteiger partial charge in [-0.3, -0.25) is 9.59 Å². The highest BCUT2D eigenvalue weighted by Crippen LogP contribution is 2.40. The lowest BCUT2D eigenvalue weighted by molar-refractivity contribution is -0.172. The highest BCUT2D eigenvalue weighted by atomic mass is 16.6. The van der Waals surface area contributed by atoms with E-state index < -0.39 is 0 Å². The summed E-state index contributed by atoms with van der Waals surface area (Å²) in [6, 6.07) is 17.1. The summed E-state index contributed by atoms with van der Waals surface area (Å²) in [6.07, 6.45) is 24.3. The van der Waals surface area contributed by atoms with Crippen LogP contribution in [0.1, 0.15) is 177 Å². The molecule has 0 aromatic heterocycles. The second-order valence-corrected chi connectivity index (χ2v) is 18.3. The van der Waals surface area contributed by atoms with Crippen LogP contribution in [-0.4, -0.2) is 62.5 Å². The minimum Gasteiger partial charge on any atom is -0.494 e. The largest absolute Gasteiger partial charge is 0.494 e. The molecule has 3 saturated carbocycles. The first-order valence-corrected chi connectivity index (χ1v) is 24.7. The Balaban J connectivity index is 0.891. The zero-order valence-corrected chi connectivity index (χ0v) is 38.5. The molecule has 10 heteroatoms. The van der Waals surface area contributed by atoms with Crippen molar-refractivity contribution in [3.8, 4) is 11.5 Å². The van der Waals surface area contributed by atoms with E-state index in [0.29, 0.717) is 62.9 Å². The number of carbonyl (C=O) groups excluding carboxylic acids is 4. The van der Waals surface area contributed by atoms with Crippen LogP contribution in [-0.2, 0) is 38.1 Å². The van der Waals surface area contributed by atoms with E-state index in [1.807, 2.05) is 0 Å². The third-order valence-corrected chi connectivity index (χ3v) is 13.6. The summed E-state index contributed by atoms with van der Waals surface area (Å²) >= 11 is 0. The number of unbranched alkanes of at least 4 members (excludes halogenated alkanes) is 6. The van der Waals surface area contributed by atoms with Crippen molar-refractivity contribution in [3.05, 3.63) is 85.0 Å². The minimum atomic E-state index is -0.366. The van der Waals surface area contributed by atoms with E-state index in [-0.39, 0.29) is 36.1 Å². The molecule has 5 rings (SSSR count). The van der Waals surface area contributed by atoms with Crippen LogP contribution in [0.25, 0.3) is 0 Å². The summed E-state index contributed by atoms with van der Waals surface area (Å²) in [5.41, 5.74) is 2.72. The molecule has 64 heavy (non-hydrogen) atoms. The lowest BCUT2D eigenvalue weighted by Gasteiger charge is -2.32. The van der Waals surface area contributed by atoms with Gasteiger partial charge in [-0.05, 0) is 200 Å². The van der Waals surface area contributed by atoms with Gasteiger partial charge in [0.2, 0.25) is 0 Å². The highest BCUT2D eigenvalue weighted by molar-refractivity contribution is 5.81. The number of carbonyl (C=O) groups is 4. The van der Waals surface area contributed by atoms with Gasteiger partial charge in [0.05, 0.1) is 26.4 Å². The van der Waals surface area contributed by atoms with Gasteiger partial charge in [-0.1, -0.05) is 37.4 Å². The smallest absolute Gasteiger partial charge is 0.330 e. The number of benzene rings is 2. The van der Waals surface area contributed by atoms with Gasteiger partial charge < -0.3 is 28.4 Å². The molecular formula is C54H76O10. The average molecular weight is 885 g/mol. The number of hydrogen-bond acceptors (Lipinski definition) is 10. The predicted octanol–water partition coefficient (Wildman–Crippen LogP) is 12.2. The molecule has 0 bridgehead atoms. The highest BCUT2D eigenvalue weighted by Gasteiger charge is 2.32. The standard InChI is InChI=1S/C54H76O10/c1-3-51(55)61-39-13-7-5-11-37-59-47-31-27-45(28-32-47)43-23-17-41(18-24-43)21-35-53(57)63-49-15-9-10-16-50(49)64-54(58)36-22-42-19-25-44(26-20-42)46-29-33-48(34-30-46)60-38-12-6-8-14-40-62-52(56)4-2/h3-4,27-34,41-44,49-50H,1-2,5-26,35-40H2/t41?,42?,43?,44?,49-,50-/m1/s1. The summed E-state index contributed by atoms with van der Waals surface area (Å²) in [5, 5.41) is 0. The summed E-state index contributed by atoms with van der Waals surface area (Å²) in [6.45, 7) is 9.03. The average Bonchev–Trinajstić information content (AvgIpc) is 3.33. The molecule has 2 aromatic rings. The molecule has 0 unspecified atom stereocenters. The fraction of sp³-hybridized carbons (Fsp3) is 0.630. The molecule has 3 aliphatic carbocycles. The summed E-state index contributed by atoms with van der Waals surface area (Å²) < 4.78 is 33.9. The molecule has 0 aliphatic heterocycles. The van der Waals surface area contributed by atoms with Crippen molar-refractivity contribution in [2.75, 3.05) is 26.4 Å². The molecule has 0 amide bonds. The van der Waals surface area contributed by atoms with Crippen molar-refractivity contribution in [2.24, 2.45) is 11.8 Å². The normalized spacial score (nSPS) is 22.1. The van der Waals surface area contributed by atoms with E-state index in [9.17, 15) is 19.2 Å². The molecule has 0 radical (unpaired) electrons. The van der Waals surface area contributed by atoms with Crippen LogP contribution in [0.4, 0.5) is 0 Å². The van der Waals surface area contributed by atoms with Crippen LogP contribution in [0.3, 0.4) is 0 Å². The number of ether oxygens (including phenoxy) is 6. The van der Waals surface area contributed by atoms with Crippen molar-refractivity contribution in [1.29, 1.82) is 0 Å². The lowest BCUT2D eigenvalue weighted by atomic mass is 9.77. The Morgan fingerprint density at radius 3 is 1.19 bits per heavy atom. The predicted molar refractivity (Wildman–Crippen MR) is 249 cm³/mol. The van der Waals surface area contributed by atoms with E-state index in [4.69, 9.17) is 28.4 Å². The third-order valence-electron chi connectivity index (χ3n) is 13.6. The van der Waals surface area contributed by atoms with Crippen molar-refractivity contribution < 1.29 is 47.6 Å². The SMILES string of the molecule is C=CC(=O)OCCCCCCOc1ccc(C2CCC(CCC(=O)O[C@@H]3CCCC[C@H]3OC(=O)CCC3CCC(c4ccc(OCCCCCCOC(=O)C=C)cc4)CC3)CC2)cc1. The van der Waals surface area contributed by atoms with Gasteiger partial charge >= 0.3 is 23.9 Å². The maximum absolute atomic E-state index is 13.1. The van der Waals surface area contributed by atoms with Gasteiger partial charge in [0.1, 0.15) is 23.7 Å². The van der Waals surface area contributed by atoms with Gasteiger partial charge in [0, 0.05) is 25.0 Å². The molecule has 3 fully saturated rings. The zero-order valence-electron chi connectivity index (χ0n) is 38.5. The van der Waals surface area contributed by atoms with E-state index >= 15 is 0 Å². The minimum absolute atomic E-state index is 0.160. The van der Waals surface area contributed by atoms with E-state index in [2.05, 4.69) is 61.7 Å². The fourth-order valence-electron chi connectivity index (χ4n) is 9.63. The van der Waals surface area contributed by atoms with Crippen molar-refractivity contribution in [3.63, 3.8) is 0 Å². The lowest BCUT2D eigenvalue weighted by Crippen LogP contribution is -2.38. The Bertz CT molecular complexity index is 1560. The van der Waals surface area contributed by atoms with Gasteiger partial charge in [-0.15, -0.1) is 0 Å². The molecule has 10 nitrogen and oxygen atoms in total. The van der Waals surface area contributed by atoms with Gasteiger partial charge in [0.15, 0.2) is 0 Å². The molecule has 352 valence electrons. The van der Waals surface area contributed by atoms with Crippen molar-refractivity contribution >= 4 is 23.9 Å². The molecule has 2 aromatic carbocycles. The monoisotopic (exact) mass is 885 g/mol. The molecule has 0 spiro atoms. The van der Waals surface area contributed by atoms with Crippen LogP contribution in [0.2, 0.25) is 0 Å². The van der Waals surface area contributed by atoms with Crippen LogP contribution < -0.4 is 9.47 Å². The Morgan fingerprint density at radius 2 is 0.828 bits per heavy atom. The molecule has 3 aliphatic rings. The Morgan fingerprint density at radius 1 is 0.469 bits per heavy atom. The maximum Gasteiger partial charge on any atom is 0.330 e. The molecule has 2 atom stereocenters. The fourth-order valence-corrected chi connectivity index (χ4v) is 9.63. The first kappa shape index (κ1) is 50.4. The van der Waals surface area contributed by atoms with E-state index in [1.165, 1.54) is 23.3 Å². The second kappa shape index (κ2) is 29.0. The topological polar surface area (TPSA) is 124 Å². The summed E-state index contributed by atoms with van der Waals surface area (Å²) in [5.74, 6) is 2.87. The van der Waals surface area contributed by atoms with Crippen molar-refractivity contribution in [2.45, 2.75) is 178 Å². The second-order valence-electron chi connectivity index (χ2n) is 18.3. The number of esters is 4. The quantitative estimate of drug-likeness (QED) is 0.0353. The van der Waals surface area contributed by atoms with Crippen LogP contribution in [0, 0.1) is 11.8 Å². The molecular weight excluding hydrogens is 809 g/mol. The van der Waals surface area contributed by atoms with Crippen LogP contribution >= 0.6 is 0 Å². The Kier molecular flexibility index (Phi) is 22.9. The van der Waals surface area contributed by atoms with E-state index in [1.54, 1.807) is 0 Å². The summed E-state index contributed by atoms with van der Waals surface area (Å²) in [4.78, 5) is 48.3. The van der Waals surface area contributed by atoms with Crippen LogP contribution in [0.15, 0.2) is 73.8 Å². The summed E-state index contributed by atoms with van der Waals surface area (Å²) in [7, 11) is 0. The Labute approximate surface area is 383 Å². The molecule has 0 saturated heterocycles. The Hall–Kier alpha value is -4.60. The zero-order chi connectivity index (χ0) is 45.2. The van der Waals surface area contributed by atoms with Gasteiger partial charge in [-0.2, -0.15) is 0 Å². The first-order valence-electron chi connectivity index (χ1n) is 24.7. The van der Waals surface area contributed by atoms with Crippen LogP contribution in [0.5, 0.6) is 11.5 Å². The maximum atomic E-state index is 13.1. The third kappa shape index (κ3) is 18.9. The first-order chi connectivity index (χ1) is 31.3. The van der Waals surface area contributed by atoms with Crippen molar-refractivity contribution in [1.82, 2.24) is 0 Å². The number of rotatable bonds is 28. The van der Waals surface area contributed by atoms with E-state index in [0.717, 1.165) is 153 Å². The number of hydrogen-bond donors (Lipinski definition) is 0. The van der Waals surface area contributed by atoms with Gasteiger partial charge in [0.25, 0.3) is 0 Å².